The Bertz CT molecular complexity index is 496. The van der Waals surface area contributed by atoms with Gasteiger partial charge in [0.1, 0.15) is 5.82 Å². The van der Waals surface area contributed by atoms with E-state index in [9.17, 15) is 0 Å². The van der Waals surface area contributed by atoms with Crippen LogP contribution in [0.5, 0.6) is 0 Å². The van der Waals surface area contributed by atoms with Crippen molar-refractivity contribution >= 4 is 11.6 Å². The molecule has 0 saturated carbocycles. The minimum absolute atomic E-state index is 0.696. The summed E-state index contributed by atoms with van der Waals surface area (Å²) in [6.45, 7) is 3.97. The average Bonchev–Trinajstić information content (AvgIpc) is 2.29. The molecule has 2 aromatic rings. The summed E-state index contributed by atoms with van der Waals surface area (Å²) in [4.78, 5) is 8.46. The first-order valence-electron chi connectivity index (χ1n) is 5.07. The van der Waals surface area contributed by atoms with E-state index in [1.54, 1.807) is 12.4 Å². The predicted molar refractivity (Wildman–Crippen MR) is 64.3 cm³/mol. The molecule has 0 amide bonds. The molecule has 4 nitrogen and oxygen atoms in total. The molecule has 0 fully saturated rings. The number of hydrogen-bond donors (Lipinski definition) is 1. The van der Waals surface area contributed by atoms with Crippen LogP contribution in [0.4, 0.5) is 11.6 Å². The Labute approximate surface area is 94.7 Å². The topological polar surface area (TPSA) is 55.0 Å². The van der Waals surface area contributed by atoms with Gasteiger partial charge in [-0.25, -0.2) is 20.8 Å². The minimum Gasteiger partial charge on any atom is -0.244 e. The number of nitrogens with two attached hydrogens (primary N) is 1. The number of aromatic nitrogens is 2. The Balaban J connectivity index is 2.39. The van der Waals surface area contributed by atoms with Gasteiger partial charge in [0.15, 0.2) is 5.82 Å². The summed E-state index contributed by atoms with van der Waals surface area (Å²) in [5.41, 5.74) is 2.14. The van der Waals surface area contributed by atoms with Gasteiger partial charge in [-0.3, -0.25) is 0 Å². The van der Waals surface area contributed by atoms with Crippen LogP contribution in [0.15, 0.2) is 36.7 Å². The third-order valence-electron chi connectivity index (χ3n) is 2.36. The summed E-state index contributed by atoms with van der Waals surface area (Å²) in [6.07, 6.45) is 3.46. The third-order valence-corrected chi connectivity index (χ3v) is 2.36. The Morgan fingerprint density at radius 3 is 2.62 bits per heavy atom. The highest BCUT2D eigenvalue weighted by Crippen LogP contribution is 2.20. The number of nitrogens with zero attached hydrogens (tertiary/aromatic N) is 3. The van der Waals surface area contributed by atoms with E-state index in [1.807, 2.05) is 38.1 Å². The fraction of sp³-hybridized carbons (Fsp3) is 0.167. The lowest BCUT2D eigenvalue weighted by molar-refractivity contribution is 0.984. The number of pyridine rings is 2. The summed E-state index contributed by atoms with van der Waals surface area (Å²) in [7, 11) is 0. The Kier molecular flexibility index (Phi) is 2.83. The Morgan fingerprint density at radius 1 is 1.12 bits per heavy atom. The lowest BCUT2D eigenvalue weighted by atomic mass is 10.2. The van der Waals surface area contributed by atoms with Gasteiger partial charge in [-0.2, -0.15) is 0 Å². The summed E-state index contributed by atoms with van der Waals surface area (Å²) in [5, 5.41) is 1.50. The highest BCUT2D eigenvalue weighted by molar-refractivity contribution is 5.57. The second-order valence-corrected chi connectivity index (χ2v) is 3.71. The van der Waals surface area contributed by atoms with Crippen molar-refractivity contribution in [3.05, 3.63) is 47.8 Å². The number of aryl methyl sites for hydroxylation is 2. The molecule has 0 aliphatic carbocycles. The lowest BCUT2D eigenvalue weighted by Crippen LogP contribution is -2.27. The maximum Gasteiger partial charge on any atom is 0.151 e. The van der Waals surface area contributed by atoms with Crippen molar-refractivity contribution in [2.45, 2.75) is 13.8 Å². The number of rotatable bonds is 2. The Hall–Kier alpha value is -1.94. The normalized spacial score (nSPS) is 10.2. The van der Waals surface area contributed by atoms with Gasteiger partial charge in [-0.1, -0.05) is 6.07 Å². The van der Waals surface area contributed by atoms with E-state index in [1.165, 1.54) is 5.01 Å². The summed E-state index contributed by atoms with van der Waals surface area (Å²) in [5.74, 6) is 7.41. The van der Waals surface area contributed by atoms with E-state index in [2.05, 4.69) is 9.97 Å². The van der Waals surface area contributed by atoms with Gasteiger partial charge in [-0.05, 0) is 43.2 Å². The molecular formula is C12H14N4. The van der Waals surface area contributed by atoms with E-state index in [-0.39, 0.29) is 0 Å². The summed E-state index contributed by atoms with van der Waals surface area (Å²) >= 11 is 0. The molecule has 4 heteroatoms. The largest absolute Gasteiger partial charge is 0.244 e. The van der Waals surface area contributed by atoms with Crippen LogP contribution in [0.25, 0.3) is 0 Å². The van der Waals surface area contributed by atoms with Crippen molar-refractivity contribution in [1.29, 1.82) is 0 Å². The second-order valence-electron chi connectivity index (χ2n) is 3.71. The molecule has 0 aliphatic rings. The third kappa shape index (κ3) is 2.01. The summed E-state index contributed by atoms with van der Waals surface area (Å²) < 4.78 is 0. The van der Waals surface area contributed by atoms with Crippen LogP contribution in [0.2, 0.25) is 0 Å². The van der Waals surface area contributed by atoms with Crippen LogP contribution in [0, 0.1) is 13.8 Å². The van der Waals surface area contributed by atoms with Crippen LogP contribution < -0.4 is 10.9 Å². The van der Waals surface area contributed by atoms with E-state index in [4.69, 9.17) is 5.84 Å². The molecule has 82 valence electrons. The number of hydrogen-bond acceptors (Lipinski definition) is 4. The standard InChI is InChI=1S/C12H14N4/c1-9-5-7-14-11(8-9)16(13)12-10(2)4-3-6-15-12/h3-8H,13H2,1-2H3. The molecule has 2 rings (SSSR count). The maximum absolute atomic E-state index is 5.99. The highest BCUT2D eigenvalue weighted by Gasteiger charge is 2.09. The molecule has 0 bridgehead atoms. The molecule has 0 radical (unpaired) electrons. The second kappa shape index (κ2) is 4.28. The molecule has 16 heavy (non-hydrogen) atoms. The molecule has 0 saturated heterocycles. The number of anilines is 2. The van der Waals surface area contributed by atoms with Gasteiger partial charge in [0.2, 0.25) is 0 Å². The van der Waals surface area contributed by atoms with Gasteiger partial charge in [-0.15, -0.1) is 0 Å². The molecule has 0 spiro atoms. The highest BCUT2D eigenvalue weighted by atomic mass is 15.5. The van der Waals surface area contributed by atoms with Gasteiger partial charge >= 0.3 is 0 Å². The zero-order valence-corrected chi connectivity index (χ0v) is 9.38. The van der Waals surface area contributed by atoms with Gasteiger partial charge in [0.25, 0.3) is 0 Å². The van der Waals surface area contributed by atoms with E-state index in [0.717, 1.165) is 16.9 Å². The van der Waals surface area contributed by atoms with Crippen molar-refractivity contribution in [2.24, 2.45) is 5.84 Å². The number of hydrazine groups is 1. The molecular weight excluding hydrogens is 200 g/mol. The van der Waals surface area contributed by atoms with Crippen LogP contribution in [-0.2, 0) is 0 Å². The van der Waals surface area contributed by atoms with E-state index in [0.29, 0.717) is 5.82 Å². The van der Waals surface area contributed by atoms with Crippen LogP contribution in [0.1, 0.15) is 11.1 Å². The van der Waals surface area contributed by atoms with E-state index < -0.39 is 0 Å². The van der Waals surface area contributed by atoms with Crippen molar-refractivity contribution in [2.75, 3.05) is 5.01 Å². The van der Waals surface area contributed by atoms with Gasteiger partial charge in [0.05, 0.1) is 0 Å². The quantitative estimate of drug-likeness (QED) is 0.614. The molecule has 2 N–H and O–H groups in total. The lowest BCUT2D eigenvalue weighted by Gasteiger charge is -2.18. The monoisotopic (exact) mass is 214 g/mol. The molecule has 2 aromatic heterocycles. The molecule has 0 aliphatic heterocycles. The summed E-state index contributed by atoms with van der Waals surface area (Å²) in [6, 6.07) is 7.71. The van der Waals surface area contributed by atoms with Gasteiger partial charge < -0.3 is 0 Å². The van der Waals surface area contributed by atoms with E-state index >= 15 is 0 Å². The smallest absolute Gasteiger partial charge is 0.151 e. The first kappa shape index (κ1) is 10.6. The zero-order chi connectivity index (χ0) is 11.5. The molecule has 0 aromatic carbocycles. The van der Waals surface area contributed by atoms with Crippen LogP contribution in [0.3, 0.4) is 0 Å². The first-order valence-corrected chi connectivity index (χ1v) is 5.07. The minimum atomic E-state index is 0.696. The fourth-order valence-corrected chi connectivity index (χ4v) is 1.49. The molecule has 2 heterocycles. The maximum atomic E-state index is 5.99. The van der Waals surface area contributed by atoms with Crippen LogP contribution >= 0.6 is 0 Å². The SMILES string of the molecule is Cc1ccnc(N(N)c2ncccc2C)c1. The van der Waals surface area contributed by atoms with Crippen LogP contribution in [-0.4, -0.2) is 9.97 Å². The molecule has 0 atom stereocenters. The average molecular weight is 214 g/mol. The van der Waals surface area contributed by atoms with Crippen molar-refractivity contribution in [1.82, 2.24) is 9.97 Å². The Morgan fingerprint density at radius 2 is 1.94 bits per heavy atom. The van der Waals surface area contributed by atoms with Crippen molar-refractivity contribution in [3.63, 3.8) is 0 Å². The fourth-order valence-electron chi connectivity index (χ4n) is 1.49. The van der Waals surface area contributed by atoms with Gasteiger partial charge in [0, 0.05) is 12.4 Å². The first-order chi connectivity index (χ1) is 7.68. The van der Waals surface area contributed by atoms with Crippen molar-refractivity contribution < 1.29 is 0 Å². The zero-order valence-electron chi connectivity index (χ0n) is 9.38. The predicted octanol–water partition coefficient (Wildman–Crippen LogP) is 2.11. The molecule has 0 unspecified atom stereocenters. The van der Waals surface area contributed by atoms with Crippen molar-refractivity contribution in [3.8, 4) is 0 Å².